The molecule has 0 heterocycles. The van der Waals surface area contributed by atoms with Crippen LogP contribution < -0.4 is 10.4 Å². The summed E-state index contributed by atoms with van der Waals surface area (Å²) in [6.45, 7) is 6.44. The summed E-state index contributed by atoms with van der Waals surface area (Å²) in [5.74, 6) is 0.751. The highest BCUT2D eigenvalue weighted by atomic mass is 28.3. The van der Waals surface area contributed by atoms with Crippen molar-refractivity contribution in [2.45, 2.75) is 58.0 Å². The lowest BCUT2D eigenvalue weighted by molar-refractivity contribution is 0.471. The van der Waals surface area contributed by atoms with E-state index in [1.807, 2.05) is 26.0 Å². The second-order valence-electron chi connectivity index (χ2n) is 7.54. The van der Waals surface area contributed by atoms with Gasteiger partial charge in [-0.2, -0.15) is 0 Å². The van der Waals surface area contributed by atoms with Gasteiger partial charge in [0.1, 0.15) is 19.6 Å². The van der Waals surface area contributed by atoms with E-state index in [0.29, 0.717) is 11.5 Å². The molecule has 1 fully saturated rings. The molecule has 2 aromatic carbocycles. The number of aromatic hydroxyl groups is 2. The third-order valence-corrected chi connectivity index (χ3v) is 11.2. The zero-order valence-corrected chi connectivity index (χ0v) is 16.0. The Balaban J connectivity index is 2.15. The number of hydrogen-bond donors (Lipinski definition) is 2. The van der Waals surface area contributed by atoms with Gasteiger partial charge in [-0.15, -0.1) is 0 Å². The molecule has 0 radical (unpaired) electrons. The Kier molecular flexibility index (Phi) is 4.73. The van der Waals surface area contributed by atoms with Crippen LogP contribution in [0.25, 0.3) is 0 Å². The van der Waals surface area contributed by atoms with Crippen molar-refractivity contribution in [1.82, 2.24) is 0 Å². The number of phenolic OH excluding ortho intramolecular Hbond substituents is 2. The average Bonchev–Trinajstić information content (AvgIpc) is 2.60. The first-order valence-corrected chi connectivity index (χ1v) is 11.6. The van der Waals surface area contributed by atoms with Crippen molar-refractivity contribution in [3.63, 3.8) is 0 Å². The number of rotatable bonds is 3. The van der Waals surface area contributed by atoms with E-state index in [9.17, 15) is 10.2 Å². The van der Waals surface area contributed by atoms with E-state index < -0.39 is 8.07 Å². The first-order valence-electron chi connectivity index (χ1n) is 9.03. The standard InChI is InChI=1S/C21H28O2Si/c1-15-13-18(9-11-20(15)22)24(3,17-7-5-4-6-8-17)19-10-12-21(23)16(2)14-19/h9-14,17,22-23H,4-8H2,1-3H3. The van der Waals surface area contributed by atoms with Crippen molar-refractivity contribution in [2.24, 2.45) is 0 Å². The summed E-state index contributed by atoms with van der Waals surface area (Å²) < 4.78 is 0. The number of phenols is 2. The van der Waals surface area contributed by atoms with Gasteiger partial charge in [0.05, 0.1) is 0 Å². The van der Waals surface area contributed by atoms with E-state index in [4.69, 9.17) is 0 Å². The zero-order valence-electron chi connectivity index (χ0n) is 15.0. The normalized spacial score (nSPS) is 16.3. The summed E-state index contributed by atoms with van der Waals surface area (Å²) in [5.41, 5.74) is 2.63. The van der Waals surface area contributed by atoms with E-state index in [-0.39, 0.29) is 0 Å². The summed E-state index contributed by atoms with van der Waals surface area (Å²) in [5, 5.41) is 22.7. The molecule has 2 N–H and O–H groups in total. The van der Waals surface area contributed by atoms with Gasteiger partial charge in [0.2, 0.25) is 0 Å². The molecule has 0 atom stereocenters. The monoisotopic (exact) mass is 340 g/mol. The van der Waals surface area contributed by atoms with Gasteiger partial charge < -0.3 is 10.2 Å². The lowest BCUT2D eigenvalue weighted by atomic mass is 10.0. The summed E-state index contributed by atoms with van der Waals surface area (Å²) in [7, 11) is -1.93. The predicted molar refractivity (Wildman–Crippen MR) is 103 cm³/mol. The first-order chi connectivity index (χ1) is 11.4. The Bertz CT molecular complexity index is 681. The molecule has 2 aromatic rings. The Hall–Kier alpha value is -1.74. The van der Waals surface area contributed by atoms with Gasteiger partial charge in [0.15, 0.2) is 0 Å². The zero-order chi connectivity index (χ0) is 17.3. The van der Waals surface area contributed by atoms with Crippen LogP contribution in [-0.2, 0) is 0 Å². The van der Waals surface area contributed by atoms with Crippen molar-refractivity contribution < 1.29 is 10.2 Å². The molecule has 0 aromatic heterocycles. The number of benzene rings is 2. The van der Waals surface area contributed by atoms with Crippen molar-refractivity contribution >= 4 is 18.4 Å². The maximum absolute atomic E-state index is 9.95. The lowest BCUT2D eigenvalue weighted by Crippen LogP contribution is -2.59. The number of hydrogen-bond acceptors (Lipinski definition) is 2. The molecule has 2 nitrogen and oxygen atoms in total. The average molecular weight is 341 g/mol. The van der Waals surface area contributed by atoms with Crippen LogP contribution >= 0.6 is 0 Å². The second kappa shape index (κ2) is 6.64. The van der Waals surface area contributed by atoms with Gasteiger partial charge in [-0.05, 0) is 42.6 Å². The maximum atomic E-state index is 9.95. The molecule has 0 aliphatic heterocycles. The topological polar surface area (TPSA) is 40.5 Å². The SMILES string of the molecule is Cc1cc([Si](C)(c2ccc(O)c(C)c2)C2CCCCC2)ccc1O. The van der Waals surface area contributed by atoms with E-state index in [1.54, 1.807) is 0 Å². The minimum Gasteiger partial charge on any atom is -0.508 e. The molecule has 1 aliphatic carbocycles. The van der Waals surface area contributed by atoms with Crippen LogP contribution in [0.5, 0.6) is 11.5 Å². The summed E-state index contributed by atoms with van der Waals surface area (Å²) >= 11 is 0. The molecular formula is C21H28O2Si. The molecule has 1 saturated carbocycles. The van der Waals surface area contributed by atoms with Crippen molar-refractivity contribution in [3.8, 4) is 11.5 Å². The van der Waals surface area contributed by atoms with Gasteiger partial charge >= 0.3 is 0 Å². The molecule has 128 valence electrons. The van der Waals surface area contributed by atoms with E-state index in [0.717, 1.165) is 16.7 Å². The fourth-order valence-electron chi connectivity index (χ4n) is 4.28. The first kappa shape index (κ1) is 17.1. The summed E-state index contributed by atoms with van der Waals surface area (Å²) in [6, 6.07) is 12.4. The molecular weight excluding hydrogens is 312 g/mol. The van der Waals surface area contributed by atoms with Crippen LogP contribution in [0, 0.1) is 13.8 Å². The van der Waals surface area contributed by atoms with Crippen molar-refractivity contribution in [3.05, 3.63) is 47.5 Å². The smallest absolute Gasteiger partial charge is 0.118 e. The van der Waals surface area contributed by atoms with Crippen LogP contribution in [-0.4, -0.2) is 18.3 Å². The van der Waals surface area contributed by atoms with E-state index in [1.165, 1.54) is 42.5 Å². The Morgan fingerprint density at radius 3 is 1.67 bits per heavy atom. The van der Waals surface area contributed by atoms with E-state index >= 15 is 0 Å². The quantitative estimate of drug-likeness (QED) is 0.821. The fraction of sp³-hybridized carbons (Fsp3) is 0.429. The molecule has 0 unspecified atom stereocenters. The largest absolute Gasteiger partial charge is 0.508 e. The van der Waals surface area contributed by atoms with Gasteiger partial charge in [-0.1, -0.05) is 73.3 Å². The summed E-state index contributed by atoms with van der Waals surface area (Å²) in [6.07, 6.45) is 6.58. The molecule has 0 amide bonds. The molecule has 0 bridgehead atoms. The highest BCUT2D eigenvalue weighted by Gasteiger charge is 2.40. The Morgan fingerprint density at radius 2 is 1.25 bits per heavy atom. The van der Waals surface area contributed by atoms with Crippen LogP contribution in [0.4, 0.5) is 0 Å². The molecule has 1 aliphatic rings. The second-order valence-corrected chi connectivity index (χ2v) is 11.9. The van der Waals surface area contributed by atoms with Crippen LogP contribution in [0.15, 0.2) is 36.4 Å². The maximum Gasteiger partial charge on any atom is 0.118 e. The van der Waals surface area contributed by atoms with Gasteiger partial charge in [-0.25, -0.2) is 0 Å². The predicted octanol–water partition coefficient (Wildman–Crippen LogP) is 4.24. The molecule has 3 rings (SSSR count). The van der Waals surface area contributed by atoms with Gasteiger partial charge in [0.25, 0.3) is 0 Å². The molecule has 0 saturated heterocycles. The third-order valence-electron chi connectivity index (χ3n) is 6.01. The number of aryl methyl sites for hydroxylation is 2. The minimum absolute atomic E-state index is 0.376. The molecule has 0 spiro atoms. The van der Waals surface area contributed by atoms with Crippen molar-refractivity contribution in [1.29, 1.82) is 0 Å². The Labute approximate surface area is 146 Å². The van der Waals surface area contributed by atoms with E-state index in [2.05, 4.69) is 30.8 Å². The third kappa shape index (κ3) is 2.97. The van der Waals surface area contributed by atoms with Crippen molar-refractivity contribution in [2.75, 3.05) is 0 Å². The minimum atomic E-state index is -1.93. The summed E-state index contributed by atoms with van der Waals surface area (Å²) in [4.78, 5) is 0. The lowest BCUT2D eigenvalue weighted by Gasteiger charge is -2.39. The molecule has 3 heteroatoms. The van der Waals surface area contributed by atoms with Crippen LogP contribution in [0.2, 0.25) is 12.1 Å². The Morgan fingerprint density at radius 1 is 0.792 bits per heavy atom. The van der Waals surface area contributed by atoms with Crippen LogP contribution in [0.3, 0.4) is 0 Å². The highest BCUT2D eigenvalue weighted by Crippen LogP contribution is 2.37. The fourth-order valence-corrected chi connectivity index (χ4v) is 9.01. The van der Waals surface area contributed by atoms with Gasteiger partial charge in [0, 0.05) is 0 Å². The molecule has 24 heavy (non-hydrogen) atoms. The highest BCUT2D eigenvalue weighted by molar-refractivity contribution is 7.02. The van der Waals surface area contributed by atoms with Crippen LogP contribution in [0.1, 0.15) is 43.2 Å². The van der Waals surface area contributed by atoms with Gasteiger partial charge in [-0.3, -0.25) is 0 Å².